The molecule has 5 heteroatoms. The van der Waals surface area contributed by atoms with E-state index in [9.17, 15) is 14.7 Å². The van der Waals surface area contributed by atoms with Crippen molar-refractivity contribution in [2.75, 3.05) is 13.2 Å². The molecule has 0 radical (unpaired) electrons. The molecule has 1 amide bonds. The Hall–Kier alpha value is -2.82. The molecular weight excluding hydrogens is 342 g/mol. The lowest BCUT2D eigenvalue weighted by Gasteiger charge is -2.35. The van der Waals surface area contributed by atoms with Gasteiger partial charge >= 0.3 is 12.1 Å². The molecule has 140 valence electrons. The fourth-order valence-electron chi connectivity index (χ4n) is 4.27. The van der Waals surface area contributed by atoms with E-state index in [4.69, 9.17) is 4.74 Å². The van der Waals surface area contributed by atoms with Crippen molar-refractivity contribution in [2.24, 2.45) is 5.92 Å². The van der Waals surface area contributed by atoms with Crippen LogP contribution in [0.4, 0.5) is 4.79 Å². The number of amides is 1. The van der Waals surface area contributed by atoms with Gasteiger partial charge in [0.05, 0.1) is 0 Å². The van der Waals surface area contributed by atoms with Crippen LogP contribution >= 0.6 is 0 Å². The SMILES string of the molecule is C[C@H]1CCN(C(=O)OCC2c3ccccc3-c3ccccc32)[C@@H](C(=O)O)C1. The second-order valence-corrected chi connectivity index (χ2v) is 7.48. The van der Waals surface area contributed by atoms with Crippen molar-refractivity contribution in [1.82, 2.24) is 4.90 Å². The topological polar surface area (TPSA) is 66.8 Å². The first-order valence-electron chi connectivity index (χ1n) is 9.40. The monoisotopic (exact) mass is 365 g/mol. The zero-order valence-corrected chi connectivity index (χ0v) is 15.3. The molecule has 0 unspecified atom stereocenters. The number of hydrogen-bond donors (Lipinski definition) is 1. The Bertz CT molecular complexity index is 833. The highest BCUT2D eigenvalue weighted by molar-refractivity contribution is 5.81. The number of piperidine rings is 1. The Morgan fingerprint density at radius 2 is 1.67 bits per heavy atom. The van der Waals surface area contributed by atoms with Crippen molar-refractivity contribution in [2.45, 2.75) is 31.7 Å². The summed E-state index contributed by atoms with van der Waals surface area (Å²) in [5.74, 6) is -0.688. The predicted octanol–water partition coefficient (Wildman–Crippen LogP) is 4.12. The van der Waals surface area contributed by atoms with Crippen molar-refractivity contribution in [3.05, 3.63) is 59.7 Å². The van der Waals surface area contributed by atoms with Crippen LogP contribution in [0, 0.1) is 5.92 Å². The van der Waals surface area contributed by atoms with Crippen molar-refractivity contribution in [3.8, 4) is 11.1 Å². The number of benzene rings is 2. The van der Waals surface area contributed by atoms with Gasteiger partial charge in [0.15, 0.2) is 0 Å². The molecule has 1 heterocycles. The number of carboxylic acid groups (broad SMARTS) is 1. The van der Waals surface area contributed by atoms with Gasteiger partial charge in [0.2, 0.25) is 0 Å². The minimum atomic E-state index is -0.963. The summed E-state index contributed by atoms with van der Waals surface area (Å²) >= 11 is 0. The molecule has 0 aromatic heterocycles. The van der Waals surface area contributed by atoms with E-state index in [1.165, 1.54) is 16.0 Å². The molecule has 27 heavy (non-hydrogen) atoms. The quantitative estimate of drug-likeness (QED) is 0.888. The molecule has 4 rings (SSSR count). The summed E-state index contributed by atoms with van der Waals surface area (Å²) < 4.78 is 5.62. The molecule has 2 aliphatic rings. The number of carboxylic acids is 1. The lowest BCUT2D eigenvalue weighted by molar-refractivity contribution is -0.144. The summed E-state index contributed by atoms with van der Waals surface area (Å²) in [4.78, 5) is 25.6. The number of carbonyl (C=O) groups excluding carboxylic acids is 1. The van der Waals surface area contributed by atoms with Gasteiger partial charge in [-0.25, -0.2) is 9.59 Å². The highest BCUT2D eigenvalue weighted by Gasteiger charge is 2.36. The summed E-state index contributed by atoms with van der Waals surface area (Å²) in [7, 11) is 0. The molecule has 1 saturated heterocycles. The Kier molecular flexibility index (Phi) is 4.60. The molecule has 2 atom stereocenters. The Morgan fingerprint density at radius 3 is 2.26 bits per heavy atom. The van der Waals surface area contributed by atoms with Crippen molar-refractivity contribution >= 4 is 12.1 Å². The van der Waals surface area contributed by atoms with Gasteiger partial charge in [-0.15, -0.1) is 0 Å². The van der Waals surface area contributed by atoms with Crippen LogP contribution in [0.3, 0.4) is 0 Å². The largest absolute Gasteiger partial charge is 0.480 e. The van der Waals surface area contributed by atoms with Gasteiger partial charge in [-0.3, -0.25) is 4.90 Å². The summed E-state index contributed by atoms with van der Waals surface area (Å²) in [6.07, 6.45) is 0.740. The average molecular weight is 365 g/mol. The number of nitrogens with zero attached hydrogens (tertiary/aromatic N) is 1. The van der Waals surface area contributed by atoms with E-state index in [0.29, 0.717) is 18.9 Å². The molecule has 1 fully saturated rings. The first kappa shape index (κ1) is 17.6. The first-order chi connectivity index (χ1) is 13.1. The number of hydrogen-bond acceptors (Lipinski definition) is 3. The highest BCUT2D eigenvalue weighted by atomic mass is 16.6. The minimum Gasteiger partial charge on any atom is -0.480 e. The van der Waals surface area contributed by atoms with Gasteiger partial charge < -0.3 is 9.84 Å². The maximum atomic E-state index is 12.6. The summed E-state index contributed by atoms with van der Waals surface area (Å²) in [5.41, 5.74) is 4.64. The molecule has 1 N–H and O–H groups in total. The average Bonchev–Trinajstić information content (AvgIpc) is 3.00. The van der Waals surface area contributed by atoms with E-state index in [-0.39, 0.29) is 12.5 Å². The molecule has 0 spiro atoms. The number of fused-ring (bicyclic) bond motifs is 3. The summed E-state index contributed by atoms with van der Waals surface area (Å²) in [5, 5.41) is 9.47. The second-order valence-electron chi connectivity index (χ2n) is 7.48. The Morgan fingerprint density at radius 1 is 1.07 bits per heavy atom. The van der Waals surface area contributed by atoms with E-state index in [1.54, 1.807) is 0 Å². The van der Waals surface area contributed by atoms with Crippen LogP contribution in [0.5, 0.6) is 0 Å². The molecule has 2 aromatic rings. The van der Waals surface area contributed by atoms with Crippen molar-refractivity contribution in [1.29, 1.82) is 0 Å². The van der Waals surface area contributed by atoms with Gasteiger partial charge in [-0.1, -0.05) is 55.5 Å². The fourth-order valence-corrected chi connectivity index (χ4v) is 4.27. The molecule has 0 bridgehead atoms. The number of rotatable bonds is 3. The maximum Gasteiger partial charge on any atom is 0.410 e. The van der Waals surface area contributed by atoms with E-state index in [1.807, 2.05) is 31.2 Å². The van der Waals surface area contributed by atoms with E-state index >= 15 is 0 Å². The van der Waals surface area contributed by atoms with Crippen LogP contribution in [-0.4, -0.2) is 41.3 Å². The minimum absolute atomic E-state index is 0.0201. The lowest BCUT2D eigenvalue weighted by atomic mass is 9.93. The molecular formula is C22H23NO4. The van der Waals surface area contributed by atoms with Crippen LogP contribution in [-0.2, 0) is 9.53 Å². The zero-order valence-electron chi connectivity index (χ0n) is 15.3. The fraction of sp³-hybridized carbons (Fsp3) is 0.364. The normalized spacial score (nSPS) is 21.4. The third-order valence-electron chi connectivity index (χ3n) is 5.72. The van der Waals surface area contributed by atoms with Gasteiger partial charge in [0.1, 0.15) is 12.6 Å². The van der Waals surface area contributed by atoms with Crippen LogP contribution < -0.4 is 0 Å². The third-order valence-corrected chi connectivity index (χ3v) is 5.72. The highest BCUT2D eigenvalue weighted by Crippen LogP contribution is 2.44. The first-order valence-corrected chi connectivity index (χ1v) is 9.40. The van der Waals surface area contributed by atoms with Gasteiger partial charge in [0.25, 0.3) is 0 Å². The standard InChI is InChI=1S/C22H23NO4/c1-14-10-11-23(20(12-14)21(24)25)22(26)27-13-19-17-8-4-2-6-15(17)16-7-3-5-9-18(16)19/h2-9,14,19-20H,10-13H2,1H3,(H,24,25)/t14-,20+/m0/s1. The Balaban J connectivity index is 1.52. The third kappa shape index (κ3) is 3.18. The van der Waals surface area contributed by atoms with E-state index < -0.39 is 18.1 Å². The molecule has 2 aromatic carbocycles. The zero-order chi connectivity index (χ0) is 19.0. The van der Waals surface area contributed by atoms with Crippen LogP contribution in [0.2, 0.25) is 0 Å². The molecule has 1 aliphatic heterocycles. The van der Waals surface area contributed by atoms with Gasteiger partial charge in [-0.05, 0) is 41.0 Å². The Labute approximate surface area is 158 Å². The van der Waals surface area contributed by atoms with Crippen molar-refractivity contribution < 1.29 is 19.4 Å². The lowest BCUT2D eigenvalue weighted by Crippen LogP contribution is -2.50. The number of ether oxygens (including phenoxy) is 1. The second kappa shape index (κ2) is 7.06. The number of aliphatic carboxylic acids is 1. The number of carbonyl (C=O) groups is 2. The van der Waals surface area contributed by atoms with Gasteiger partial charge in [-0.2, -0.15) is 0 Å². The summed E-state index contributed by atoms with van der Waals surface area (Å²) in [6.45, 7) is 2.66. The van der Waals surface area contributed by atoms with Crippen LogP contribution in [0.25, 0.3) is 11.1 Å². The maximum absolute atomic E-state index is 12.6. The molecule has 1 aliphatic carbocycles. The van der Waals surface area contributed by atoms with E-state index in [2.05, 4.69) is 24.3 Å². The predicted molar refractivity (Wildman–Crippen MR) is 102 cm³/mol. The van der Waals surface area contributed by atoms with Crippen LogP contribution in [0.1, 0.15) is 36.8 Å². The smallest absolute Gasteiger partial charge is 0.410 e. The van der Waals surface area contributed by atoms with Crippen LogP contribution in [0.15, 0.2) is 48.5 Å². The molecule has 0 saturated carbocycles. The summed E-state index contributed by atoms with van der Waals surface area (Å²) in [6, 6.07) is 15.5. The number of likely N-dealkylation sites (tertiary alicyclic amines) is 1. The van der Waals surface area contributed by atoms with Crippen molar-refractivity contribution in [3.63, 3.8) is 0 Å². The molecule has 5 nitrogen and oxygen atoms in total. The van der Waals surface area contributed by atoms with E-state index in [0.717, 1.165) is 17.5 Å². The van der Waals surface area contributed by atoms with Gasteiger partial charge in [0, 0.05) is 12.5 Å².